The summed E-state index contributed by atoms with van der Waals surface area (Å²) < 4.78 is 5.85. The zero-order valence-corrected chi connectivity index (χ0v) is 9.60. The molecule has 2 nitrogen and oxygen atoms in total. The molecule has 2 rings (SSSR count). The van der Waals surface area contributed by atoms with Crippen molar-refractivity contribution in [3.05, 3.63) is 42.0 Å². The van der Waals surface area contributed by atoms with E-state index in [9.17, 15) is 5.11 Å². The molecule has 0 aromatic heterocycles. The third kappa shape index (κ3) is 2.86. The lowest BCUT2D eigenvalue weighted by atomic mass is 10.1. The van der Waals surface area contributed by atoms with Gasteiger partial charge in [-0.1, -0.05) is 18.2 Å². The number of allylic oxidation sites excluding steroid dienone is 1. The van der Waals surface area contributed by atoms with E-state index in [-0.39, 0.29) is 6.10 Å². The van der Waals surface area contributed by atoms with E-state index in [1.54, 1.807) is 6.92 Å². The Balaban J connectivity index is 2.06. The first kappa shape index (κ1) is 11.2. The first-order chi connectivity index (χ1) is 7.75. The smallest absolute Gasteiger partial charge is 0.120 e. The lowest BCUT2D eigenvalue weighted by Gasteiger charge is -2.19. The van der Waals surface area contributed by atoms with E-state index in [1.807, 2.05) is 24.3 Å². The monoisotopic (exact) mass is 218 g/mol. The minimum absolute atomic E-state index is 0.193. The molecule has 1 aliphatic rings. The molecule has 1 aromatic carbocycles. The van der Waals surface area contributed by atoms with Crippen LogP contribution in [0.2, 0.25) is 0 Å². The highest BCUT2D eigenvalue weighted by Crippen LogP contribution is 2.22. The maximum atomic E-state index is 9.48. The molecule has 0 spiro atoms. The molecule has 0 saturated carbocycles. The topological polar surface area (TPSA) is 29.5 Å². The summed E-state index contributed by atoms with van der Waals surface area (Å²) in [6.45, 7) is 1.76. The molecule has 1 unspecified atom stereocenters. The SMILES string of the molecule is C[C@@H](O)c1cccc(OC2C=CCCC2)c1. The van der Waals surface area contributed by atoms with E-state index in [1.165, 1.54) is 6.42 Å². The predicted octanol–water partition coefficient (Wildman–Crippen LogP) is 3.23. The van der Waals surface area contributed by atoms with Crippen molar-refractivity contribution in [3.8, 4) is 5.75 Å². The summed E-state index contributed by atoms with van der Waals surface area (Å²) in [6.07, 6.45) is 7.48. The minimum Gasteiger partial charge on any atom is -0.486 e. The molecular weight excluding hydrogens is 200 g/mol. The second-order valence-electron chi connectivity index (χ2n) is 4.26. The Morgan fingerprint density at radius 2 is 2.31 bits per heavy atom. The first-order valence-corrected chi connectivity index (χ1v) is 5.87. The normalized spacial score (nSPS) is 21.8. The number of aliphatic hydroxyl groups excluding tert-OH is 1. The Hall–Kier alpha value is -1.28. The molecule has 2 heteroatoms. The Morgan fingerprint density at radius 1 is 1.44 bits per heavy atom. The van der Waals surface area contributed by atoms with Gasteiger partial charge in [0, 0.05) is 0 Å². The number of benzene rings is 1. The summed E-state index contributed by atoms with van der Waals surface area (Å²) >= 11 is 0. The van der Waals surface area contributed by atoms with Crippen molar-refractivity contribution in [2.24, 2.45) is 0 Å². The highest BCUT2D eigenvalue weighted by Gasteiger charge is 2.10. The third-order valence-electron chi connectivity index (χ3n) is 2.84. The average Bonchev–Trinajstić information content (AvgIpc) is 2.30. The van der Waals surface area contributed by atoms with E-state index < -0.39 is 6.10 Å². The van der Waals surface area contributed by atoms with Gasteiger partial charge >= 0.3 is 0 Å². The van der Waals surface area contributed by atoms with E-state index in [2.05, 4.69) is 12.2 Å². The quantitative estimate of drug-likeness (QED) is 0.789. The second kappa shape index (κ2) is 5.17. The molecule has 1 N–H and O–H groups in total. The predicted molar refractivity (Wildman–Crippen MR) is 64.5 cm³/mol. The molecular formula is C14H18O2. The molecule has 0 bridgehead atoms. The highest BCUT2D eigenvalue weighted by molar-refractivity contribution is 5.30. The lowest BCUT2D eigenvalue weighted by molar-refractivity contribution is 0.196. The second-order valence-corrected chi connectivity index (χ2v) is 4.26. The van der Waals surface area contributed by atoms with Crippen LogP contribution in [0.15, 0.2) is 36.4 Å². The Labute approximate surface area is 96.6 Å². The molecule has 0 fully saturated rings. The summed E-state index contributed by atoms with van der Waals surface area (Å²) in [5, 5.41) is 9.48. The van der Waals surface area contributed by atoms with Gasteiger partial charge in [0.2, 0.25) is 0 Å². The standard InChI is InChI=1S/C14H18O2/c1-11(15)12-6-5-9-14(10-12)16-13-7-3-2-4-8-13/h3,5-7,9-11,13,15H,2,4,8H2,1H3/t11-,13?/m1/s1. The van der Waals surface area contributed by atoms with Crippen LogP contribution >= 0.6 is 0 Å². The van der Waals surface area contributed by atoms with Gasteiger partial charge in [-0.15, -0.1) is 0 Å². The fraction of sp³-hybridized carbons (Fsp3) is 0.429. The van der Waals surface area contributed by atoms with Crippen molar-refractivity contribution < 1.29 is 9.84 Å². The maximum Gasteiger partial charge on any atom is 0.120 e. The van der Waals surface area contributed by atoms with Crippen LogP contribution in [0.1, 0.15) is 37.9 Å². The molecule has 86 valence electrons. The highest BCUT2D eigenvalue weighted by atomic mass is 16.5. The Bertz CT molecular complexity index is 369. The van der Waals surface area contributed by atoms with E-state index in [0.29, 0.717) is 0 Å². The zero-order chi connectivity index (χ0) is 11.4. The number of ether oxygens (including phenoxy) is 1. The van der Waals surface area contributed by atoms with Gasteiger partial charge in [-0.25, -0.2) is 0 Å². The molecule has 0 aliphatic heterocycles. The fourth-order valence-electron chi connectivity index (χ4n) is 1.90. The van der Waals surface area contributed by atoms with Crippen LogP contribution in [0.5, 0.6) is 5.75 Å². The molecule has 1 aliphatic carbocycles. The van der Waals surface area contributed by atoms with Crippen LogP contribution in [0.4, 0.5) is 0 Å². The summed E-state index contributed by atoms with van der Waals surface area (Å²) in [5.74, 6) is 0.843. The maximum absolute atomic E-state index is 9.48. The molecule has 0 radical (unpaired) electrons. The van der Waals surface area contributed by atoms with E-state index in [0.717, 1.165) is 24.2 Å². The molecule has 1 aromatic rings. The number of hydrogen-bond acceptors (Lipinski definition) is 2. The molecule has 0 amide bonds. The van der Waals surface area contributed by atoms with Crippen LogP contribution in [0, 0.1) is 0 Å². The van der Waals surface area contributed by atoms with Crippen molar-refractivity contribution in [1.29, 1.82) is 0 Å². The van der Waals surface area contributed by atoms with E-state index >= 15 is 0 Å². The Morgan fingerprint density at radius 3 is 3.00 bits per heavy atom. The van der Waals surface area contributed by atoms with Crippen molar-refractivity contribution in [2.45, 2.75) is 38.4 Å². The van der Waals surface area contributed by atoms with Gasteiger partial charge in [0.15, 0.2) is 0 Å². The van der Waals surface area contributed by atoms with Crippen LogP contribution in [-0.2, 0) is 0 Å². The molecule has 2 atom stereocenters. The summed E-state index contributed by atoms with van der Waals surface area (Å²) in [7, 11) is 0. The number of aliphatic hydroxyl groups is 1. The van der Waals surface area contributed by atoms with Crippen molar-refractivity contribution >= 4 is 0 Å². The Kier molecular flexibility index (Phi) is 3.62. The van der Waals surface area contributed by atoms with Crippen LogP contribution in [0.3, 0.4) is 0 Å². The zero-order valence-electron chi connectivity index (χ0n) is 9.60. The first-order valence-electron chi connectivity index (χ1n) is 5.87. The van der Waals surface area contributed by atoms with E-state index in [4.69, 9.17) is 4.74 Å². The van der Waals surface area contributed by atoms with Crippen molar-refractivity contribution in [1.82, 2.24) is 0 Å². The summed E-state index contributed by atoms with van der Waals surface area (Å²) in [5.41, 5.74) is 0.900. The van der Waals surface area contributed by atoms with Crippen molar-refractivity contribution in [2.75, 3.05) is 0 Å². The summed E-state index contributed by atoms with van der Waals surface area (Å²) in [6, 6.07) is 7.68. The van der Waals surface area contributed by atoms with Crippen LogP contribution < -0.4 is 4.74 Å². The van der Waals surface area contributed by atoms with Crippen molar-refractivity contribution in [3.63, 3.8) is 0 Å². The average molecular weight is 218 g/mol. The summed E-state index contributed by atoms with van der Waals surface area (Å²) in [4.78, 5) is 0. The number of rotatable bonds is 3. The number of hydrogen-bond donors (Lipinski definition) is 1. The van der Waals surface area contributed by atoms with Gasteiger partial charge in [-0.2, -0.15) is 0 Å². The molecule has 0 saturated heterocycles. The largest absolute Gasteiger partial charge is 0.486 e. The van der Waals surface area contributed by atoms with Gasteiger partial charge < -0.3 is 9.84 Å². The minimum atomic E-state index is -0.439. The van der Waals surface area contributed by atoms with Gasteiger partial charge in [0.25, 0.3) is 0 Å². The third-order valence-corrected chi connectivity index (χ3v) is 2.84. The van der Waals surface area contributed by atoms with Gasteiger partial charge in [0.05, 0.1) is 6.10 Å². The van der Waals surface area contributed by atoms with Crippen LogP contribution in [-0.4, -0.2) is 11.2 Å². The van der Waals surface area contributed by atoms with Gasteiger partial charge in [0.1, 0.15) is 11.9 Å². The van der Waals surface area contributed by atoms with Gasteiger partial charge in [-0.05, 0) is 50.0 Å². The van der Waals surface area contributed by atoms with Gasteiger partial charge in [-0.3, -0.25) is 0 Å². The fourth-order valence-corrected chi connectivity index (χ4v) is 1.90. The van der Waals surface area contributed by atoms with Crippen LogP contribution in [0.25, 0.3) is 0 Å². The molecule has 0 heterocycles. The lowest BCUT2D eigenvalue weighted by Crippen LogP contribution is -2.15. The molecule has 16 heavy (non-hydrogen) atoms.